The summed E-state index contributed by atoms with van der Waals surface area (Å²) in [4.78, 5) is 36.0. The lowest BCUT2D eigenvalue weighted by atomic mass is 9.97. The Hall–Kier alpha value is -4.46. The second-order valence-electron chi connectivity index (χ2n) is 8.92. The Kier molecular flexibility index (Phi) is 6.96. The van der Waals surface area contributed by atoms with E-state index < -0.39 is 10.0 Å². The fourth-order valence-corrected chi connectivity index (χ4v) is 5.28. The fraction of sp³-hybridized carbons (Fsp3) is 0.292. The Morgan fingerprint density at radius 3 is 2.55 bits per heavy atom. The molecule has 1 atom stereocenters. The number of aryl methyl sites for hydroxylation is 2. The lowest BCUT2D eigenvalue weighted by Gasteiger charge is -2.32. The van der Waals surface area contributed by atoms with E-state index in [0.717, 1.165) is 19.4 Å². The number of hydrogen-bond acceptors (Lipinski definition) is 10. The van der Waals surface area contributed by atoms with Crippen LogP contribution in [-0.2, 0) is 14.8 Å². The van der Waals surface area contributed by atoms with Crippen LogP contribution in [0, 0.1) is 19.8 Å². The first-order valence-corrected chi connectivity index (χ1v) is 13.4. The molecule has 1 unspecified atom stereocenters. The number of rotatable bonds is 7. The minimum absolute atomic E-state index is 0.0557. The van der Waals surface area contributed by atoms with Crippen molar-refractivity contribution in [1.29, 1.82) is 0 Å². The van der Waals surface area contributed by atoms with E-state index in [0.29, 0.717) is 35.4 Å². The number of sulfonamides is 1. The van der Waals surface area contributed by atoms with Crippen LogP contribution in [0.1, 0.15) is 24.4 Å². The molecule has 196 valence electrons. The van der Waals surface area contributed by atoms with E-state index >= 15 is 0 Å². The average Bonchev–Trinajstić information content (AvgIpc) is 3.44. The summed E-state index contributed by atoms with van der Waals surface area (Å²) in [5.74, 6) is 1.57. The highest BCUT2D eigenvalue weighted by Gasteiger charge is 2.27. The maximum absolute atomic E-state index is 13.0. The van der Waals surface area contributed by atoms with Crippen LogP contribution < -0.4 is 14.9 Å². The number of anilines is 3. The zero-order chi connectivity index (χ0) is 26.7. The summed E-state index contributed by atoms with van der Waals surface area (Å²) in [6.45, 7) is 4.72. The molecular formula is C24H26N10O3S. The number of carbonyl (C=O) groups excluding carboxylic acids is 1. The highest BCUT2D eigenvalue weighted by atomic mass is 32.2. The Balaban J connectivity index is 1.23. The molecule has 1 amide bonds. The van der Waals surface area contributed by atoms with Gasteiger partial charge >= 0.3 is 0 Å². The summed E-state index contributed by atoms with van der Waals surface area (Å²) in [6, 6.07) is 9.39. The molecule has 0 aliphatic carbocycles. The second-order valence-corrected chi connectivity index (χ2v) is 10.6. The maximum Gasteiger partial charge on any atom is 0.263 e. The molecule has 5 rings (SSSR count). The van der Waals surface area contributed by atoms with Gasteiger partial charge in [-0.3, -0.25) is 9.52 Å². The number of benzene rings is 1. The Morgan fingerprint density at radius 2 is 1.82 bits per heavy atom. The van der Waals surface area contributed by atoms with Crippen molar-refractivity contribution >= 4 is 33.3 Å². The Morgan fingerprint density at radius 1 is 1.03 bits per heavy atom. The number of nitrogens with zero attached hydrogens (tertiary/aromatic N) is 8. The van der Waals surface area contributed by atoms with E-state index in [1.807, 2.05) is 11.0 Å². The lowest BCUT2D eigenvalue weighted by Crippen LogP contribution is -2.41. The average molecular weight is 535 g/mol. The molecule has 2 N–H and O–H groups in total. The summed E-state index contributed by atoms with van der Waals surface area (Å²) in [7, 11) is -3.85. The van der Waals surface area contributed by atoms with Gasteiger partial charge in [-0.2, -0.15) is 5.10 Å². The minimum atomic E-state index is -3.85. The predicted octanol–water partition coefficient (Wildman–Crippen LogP) is 2.12. The highest BCUT2D eigenvalue weighted by molar-refractivity contribution is 7.92. The summed E-state index contributed by atoms with van der Waals surface area (Å²) in [6.07, 6.45) is 6.01. The summed E-state index contributed by atoms with van der Waals surface area (Å²) < 4.78 is 29.6. The van der Waals surface area contributed by atoms with Crippen LogP contribution in [0.15, 0.2) is 60.3 Å². The van der Waals surface area contributed by atoms with Crippen molar-refractivity contribution in [2.75, 3.05) is 28.0 Å². The fourth-order valence-electron chi connectivity index (χ4n) is 4.29. The molecule has 1 fully saturated rings. The standard InChI is InChI=1S/C24H26N10O3S/c1-16-10-21(30-17(2)29-16)32-38(36,37)20-7-5-19(6-8-20)31-24(35)18-4-3-9-33(12-18)22-11-23(27-14-26-22)34-15-25-13-28-34/h5-8,10-11,13-15,18H,3-4,9,12H2,1-2H3,(H,31,35)(H,29,30,32). The van der Waals surface area contributed by atoms with Crippen LogP contribution in [0.4, 0.5) is 17.3 Å². The molecule has 0 saturated carbocycles. The quantitative estimate of drug-likeness (QED) is 0.359. The maximum atomic E-state index is 13.0. The van der Waals surface area contributed by atoms with Crippen molar-refractivity contribution in [3.8, 4) is 5.82 Å². The van der Waals surface area contributed by atoms with Gasteiger partial charge in [-0.15, -0.1) is 0 Å². The molecule has 0 radical (unpaired) electrons. The summed E-state index contributed by atoms with van der Waals surface area (Å²) in [5, 5.41) is 7.00. The number of aromatic nitrogens is 7. The molecule has 0 bridgehead atoms. The van der Waals surface area contributed by atoms with Gasteiger partial charge in [0.1, 0.15) is 36.4 Å². The van der Waals surface area contributed by atoms with Gasteiger partial charge in [0.2, 0.25) is 5.91 Å². The topological polar surface area (TPSA) is 161 Å². The van der Waals surface area contributed by atoms with Gasteiger partial charge in [-0.1, -0.05) is 0 Å². The van der Waals surface area contributed by atoms with Crippen molar-refractivity contribution in [3.05, 3.63) is 66.9 Å². The molecule has 13 nitrogen and oxygen atoms in total. The van der Waals surface area contributed by atoms with Gasteiger partial charge in [0, 0.05) is 36.6 Å². The van der Waals surface area contributed by atoms with Gasteiger partial charge < -0.3 is 10.2 Å². The van der Waals surface area contributed by atoms with Crippen LogP contribution in [0.3, 0.4) is 0 Å². The van der Waals surface area contributed by atoms with Crippen molar-refractivity contribution in [2.24, 2.45) is 5.92 Å². The van der Waals surface area contributed by atoms with E-state index in [2.05, 4.69) is 40.1 Å². The van der Waals surface area contributed by atoms with E-state index in [-0.39, 0.29) is 22.5 Å². The van der Waals surface area contributed by atoms with Gasteiger partial charge in [-0.25, -0.2) is 38.0 Å². The monoisotopic (exact) mass is 534 g/mol. The first-order valence-electron chi connectivity index (χ1n) is 11.9. The van der Waals surface area contributed by atoms with Gasteiger partial charge in [0.25, 0.3) is 10.0 Å². The highest BCUT2D eigenvalue weighted by Crippen LogP contribution is 2.24. The third kappa shape index (κ3) is 5.75. The predicted molar refractivity (Wildman–Crippen MR) is 139 cm³/mol. The number of amides is 1. The van der Waals surface area contributed by atoms with E-state index in [1.165, 1.54) is 24.8 Å². The minimum Gasteiger partial charge on any atom is -0.356 e. The lowest BCUT2D eigenvalue weighted by molar-refractivity contribution is -0.120. The molecule has 0 spiro atoms. The van der Waals surface area contributed by atoms with Crippen LogP contribution in [0.2, 0.25) is 0 Å². The van der Waals surface area contributed by atoms with Crippen molar-refractivity contribution < 1.29 is 13.2 Å². The number of piperidine rings is 1. The molecule has 38 heavy (non-hydrogen) atoms. The van der Waals surface area contributed by atoms with Crippen LogP contribution in [0.25, 0.3) is 5.82 Å². The van der Waals surface area contributed by atoms with Crippen LogP contribution in [-0.4, -0.2) is 62.1 Å². The molecule has 1 aromatic carbocycles. The van der Waals surface area contributed by atoms with Crippen molar-refractivity contribution in [2.45, 2.75) is 31.6 Å². The molecule has 1 aliphatic rings. The van der Waals surface area contributed by atoms with Gasteiger partial charge in [0.05, 0.1) is 10.8 Å². The molecule has 4 aromatic rings. The van der Waals surface area contributed by atoms with E-state index in [1.54, 1.807) is 43.1 Å². The van der Waals surface area contributed by atoms with E-state index in [4.69, 9.17) is 0 Å². The zero-order valence-electron chi connectivity index (χ0n) is 20.8. The Labute approximate surface area is 219 Å². The first-order chi connectivity index (χ1) is 18.3. The van der Waals surface area contributed by atoms with E-state index in [9.17, 15) is 13.2 Å². The summed E-state index contributed by atoms with van der Waals surface area (Å²) in [5.41, 5.74) is 1.17. The van der Waals surface area contributed by atoms with Gasteiger partial charge in [0.15, 0.2) is 5.82 Å². The SMILES string of the molecule is Cc1cc(NS(=O)(=O)c2ccc(NC(=O)C3CCCN(c4cc(-n5cncn5)ncn4)C3)cc2)nc(C)n1. The van der Waals surface area contributed by atoms with Crippen LogP contribution in [0.5, 0.6) is 0 Å². The molecule has 1 saturated heterocycles. The third-order valence-electron chi connectivity index (χ3n) is 6.04. The Bertz CT molecular complexity index is 1520. The normalized spacial score (nSPS) is 15.7. The smallest absolute Gasteiger partial charge is 0.263 e. The largest absolute Gasteiger partial charge is 0.356 e. The zero-order valence-corrected chi connectivity index (χ0v) is 21.6. The van der Waals surface area contributed by atoms with Crippen molar-refractivity contribution in [1.82, 2.24) is 34.7 Å². The number of nitrogens with one attached hydrogen (secondary N) is 2. The first kappa shape index (κ1) is 25.2. The molecule has 4 heterocycles. The number of hydrogen-bond donors (Lipinski definition) is 2. The molecular weight excluding hydrogens is 508 g/mol. The third-order valence-corrected chi connectivity index (χ3v) is 7.42. The van der Waals surface area contributed by atoms with Crippen LogP contribution >= 0.6 is 0 Å². The second kappa shape index (κ2) is 10.5. The molecule has 3 aromatic heterocycles. The van der Waals surface area contributed by atoms with Gasteiger partial charge in [-0.05, 0) is 51.0 Å². The molecule has 1 aliphatic heterocycles. The van der Waals surface area contributed by atoms with Crippen molar-refractivity contribution in [3.63, 3.8) is 0 Å². The number of carbonyl (C=O) groups is 1. The summed E-state index contributed by atoms with van der Waals surface area (Å²) >= 11 is 0. The molecule has 14 heteroatoms.